The zero-order valence-corrected chi connectivity index (χ0v) is 17.0. The monoisotopic (exact) mass is 413 g/mol. The lowest BCUT2D eigenvalue weighted by molar-refractivity contribution is 0.0303. The van der Waals surface area contributed by atoms with Gasteiger partial charge >= 0.3 is 0 Å². The number of amides is 2. The average molecular weight is 413 g/mol. The first-order valence-electron chi connectivity index (χ1n) is 9.39. The summed E-state index contributed by atoms with van der Waals surface area (Å²) < 4.78 is 10.7. The van der Waals surface area contributed by atoms with Gasteiger partial charge in [-0.05, 0) is 61.6 Å². The third-order valence-corrected chi connectivity index (χ3v) is 4.53. The second-order valence-electron chi connectivity index (χ2n) is 6.35. The maximum Gasteiger partial charge on any atom is 0.257 e. The molecule has 2 aromatic carbocycles. The Hall–Kier alpha value is -2.97. The standard InChI is InChI=1S/C21H23N3O4S/c1-2-28-18-5-3-4-16(14-18)19(25)23-21(29)22-17-8-6-15(7-9-17)20(26)24-10-12-27-13-11-24/h3-9,14H,2,10-13H2,1H3,(H2,22,23,25,29). The van der Waals surface area contributed by atoms with Crippen LogP contribution in [-0.2, 0) is 4.74 Å². The predicted molar refractivity (Wildman–Crippen MR) is 114 cm³/mol. The number of thiocarbonyl (C=S) groups is 1. The maximum absolute atomic E-state index is 12.5. The Labute approximate surface area is 175 Å². The van der Waals surface area contributed by atoms with Crippen LogP contribution in [0.15, 0.2) is 48.5 Å². The Morgan fingerprint density at radius 2 is 1.83 bits per heavy atom. The van der Waals surface area contributed by atoms with Crippen molar-refractivity contribution in [3.8, 4) is 5.75 Å². The van der Waals surface area contributed by atoms with Gasteiger partial charge in [-0.1, -0.05) is 6.07 Å². The number of hydrogen-bond acceptors (Lipinski definition) is 5. The Balaban J connectivity index is 1.55. The van der Waals surface area contributed by atoms with Crippen LogP contribution in [-0.4, -0.2) is 54.7 Å². The first-order chi connectivity index (χ1) is 14.1. The van der Waals surface area contributed by atoms with Gasteiger partial charge in [-0.2, -0.15) is 0 Å². The van der Waals surface area contributed by atoms with Crippen LogP contribution >= 0.6 is 12.2 Å². The van der Waals surface area contributed by atoms with E-state index in [0.717, 1.165) is 0 Å². The van der Waals surface area contributed by atoms with E-state index in [-0.39, 0.29) is 16.9 Å². The number of carbonyl (C=O) groups excluding carboxylic acids is 2. The normalized spacial score (nSPS) is 13.5. The van der Waals surface area contributed by atoms with Gasteiger partial charge in [0.2, 0.25) is 0 Å². The number of morpholine rings is 1. The van der Waals surface area contributed by atoms with E-state index in [1.54, 1.807) is 53.4 Å². The molecule has 0 bridgehead atoms. The fourth-order valence-corrected chi connectivity index (χ4v) is 3.09. The van der Waals surface area contributed by atoms with Gasteiger partial charge in [0.25, 0.3) is 11.8 Å². The Morgan fingerprint density at radius 1 is 1.10 bits per heavy atom. The molecule has 0 saturated carbocycles. The zero-order valence-electron chi connectivity index (χ0n) is 16.1. The van der Waals surface area contributed by atoms with Crippen molar-refractivity contribution >= 4 is 34.8 Å². The number of hydrogen-bond donors (Lipinski definition) is 2. The summed E-state index contributed by atoms with van der Waals surface area (Å²) in [5.41, 5.74) is 1.73. The van der Waals surface area contributed by atoms with Gasteiger partial charge in [0.05, 0.1) is 19.8 Å². The third-order valence-electron chi connectivity index (χ3n) is 4.32. The minimum Gasteiger partial charge on any atom is -0.494 e. The van der Waals surface area contributed by atoms with Crippen molar-refractivity contribution in [2.75, 3.05) is 38.2 Å². The first-order valence-corrected chi connectivity index (χ1v) is 9.80. The van der Waals surface area contributed by atoms with Gasteiger partial charge in [0.15, 0.2) is 5.11 Å². The molecule has 0 radical (unpaired) electrons. The average Bonchev–Trinajstić information content (AvgIpc) is 2.75. The highest BCUT2D eigenvalue weighted by Gasteiger charge is 2.18. The van der Waals surface area contributed by atoms with Crippen LogP contribution in [0.2, 0.25) is 0 Å². The molecule has 8 heteroatoms. The number of anilines is 1. The van der Waals surface area contributed by atoms with Crippen molar-refractivity contribution in [2.45, 2.75) is 6.92 Å². The van der Waals surface area contributed by atoms with E-state index in [9.17, 15) is 9.59 Å². The van der Waals surface area contributed by atoms with E-state index in [0.29, 0.717) is 55.5 Å². The van der Waals surface area contributed by atoms with E-state index in [4.69, 9.17) is 21.7 Å². The van der Waals surface area contributed by atoms with E-state index < -0.39 is 0 Å². The SMILES string of the molecule is CCOc1cccc(C(=O)NC(=S)Nc2ccc(C(=O)N3CCOCC3)cc2)c1. The van der Waals surface area contributed by atoms with Gasteiger partial charge in [0.1, 0.15) is 5.75 Å². The fraction of sp³-hybridized carbons (Fsp3) is 0.286. The molecule has 7 nitrogen and oxygen atoms in total. The van der Waals surface area contributed by atoms with E-state index >= 15 is 0 Å². The van der Waals surface area contributed by atoms with Crippen molar-refractivity contribution in [2.24, 2.45) is 0 Å². The van der Waals surface area contributed by atoms with Crippen molar-refractivity contribution < 1.29 is 19.1 Å². The molecule has 1 fully saturated rings. The van der Waals surface area contributed by atoms with E-state index in [1.807, 2.05) is 6.92 Å². The summed E-state index contributed by atoms with van der Waals surface area (Å²) in [6.07, 6.45) is 0. The molecule has 29 heavy (non-hydrogen) atoms. The summed E-state index contributed by atoms with van der Waals surface area (Å²) in [6.45, 7) is 4.72. The molecule has 1 heterocycles. The summed E-state index contributed by atoms with van der Waals surface area (Å²) in [7, 11) is 0. The predicted octanol–water partition coefficient (Wildman–Crippen LogP) is 2.68. The lowest BCUT2D eigenvalue weighted by Gasteiger charge is -2.26. The van der Waals surface area contributed by atoms with Gasteiger partial charge in [-0.25, -0.2) is 0 Å². The molecule has 0 aromatic heterocycles. The van der Waals surface area contributed by atoms with Crippen LogP contribution in [0, 0.1) is 0 Å². The van der Waals surface area contributed by atoms with Crippen LogP contribution in [0.4, 0.5) is 5.69 Å². The summed E-state index contributed by atoms with van der Waals surface area (Å²) in [5.74, 6) is 0.271. The number of benzene rings is 2. The van der Waals surface area contributed by atoms with Crippen LogP contribution in [0.1, 0.15) is 27.6 Å². The topological polar surface area (TPSA) is 79.9 Å². The highest BCUT2D eigenvalue weighted by Crippen LogP contribution is 2.14. The minimum absolute atomic E-state index is 0.0232. The van der Waals surface area contributed by atoms with Crippen LogP contribution in [0.5, 0.6) is 5.75 Å². The third kappa shape index (κ3) is 5.75. The van der Waals surface area contributed by atoms with Gasteiger partial charge < -0.3 is 19.7 Å². The molecule has 1 aliphatic rings. The lowest BCUT2D eigenvalue weighted by Crippen LogP contribution is -2.40. The molecule has 1 aliphatic heterocycles. The Kier molecular flexibility index (Phi) is 7.15. The smallest absolute Gasteiger partial charge is 0.257 e. The molecule has 0 spiro atoms. The first kappa shape index (κ1) is 20.8. The molecule has 2 N–H and O–H groups in total. The van der Waals surface area contributed by atoms with Crippen LogP contribution in [0.3, 0.4) is 0 Å². The molecule has 0 unspecified atom stereocenters. The zero-order chi connectivity index (χ0) is 20.6. The Bertz CT molecular complexity index is 880. The minimum atomic E-state index is -0.330. The summed E-state index contributed by atoms with van der Waals surface area (Å²) >= 11 is 5.22. The molecule has 0 aliphatic carbocycles. The molecule has 0 atom stereocenters. The largest absolute Gasteiger partial charge is 0.494 e. The maximum atomic E-state index is 12.5. The van der Waals surface area contributed by atoms with E-state index in [1.165, 1.54) is 0 Å². The molecule has 1 saturated heterocycles. The van der Waals surface area contributed by atoms with Crippen LogP contribution < -0.4 is 15.4 Å². The molecule has 2 amide bonds. The van der Waals surface area contributed by atoms with Gasteiger partial charge in [0, 0.05) is 29.9 Å². The number of carbonyl (C=O) groups is 2. The number of nitrogens with one attached hydrogen (secondary N) is 2. The van der Waals surface area contributed by atoms with Crippen molar-refractivity contribution in [1.82, 2.24) is 10.2 Å². The second-order valence-corrected chi connectivity index (χ2v) is 6.76. The highest BCUT2D eigenvalue weighted by molar-refractivity contribution is 7.80. The summed E-state index contributed by atoms with van der Waals surface area (Å²) in [6, 6.07) is 13.9. The van der Waals surface area contributed by atoms with Crippen LogP contribution in [0.25, 0.3) is 0 Å². The lowest BCUT2D eigenvalue weighted by atomic mass is 10.1. The number of nitrogens with zero attached hydrogens (tertiary/aromatic N) is 1. The summed E-state index contributed by atoms with van der Waals surface area (Å²) in [4.78, 5) is 26.6. The molecule has 2 aromatic rings. The highest BCUT2D eigenvalue weighted by atomic mass is 32.1. The molecule has 3 rings (SSSR count). The van der Waals surface area contributed by atoms with Gasteiger partial charge in [-0.3, -0.25) is 14.9 Å². The second kappa shape index (κ2) is 9.99. The quantitative estimate of drug-likeness (QED) is 0.734. The van der Waals surface area contributed by atoms with Crippen molar-refractivity contribution in [1.29, 1.82) is 0 Å². The molecule has 152 valence electrons. The molecular weight excluding hydrogens is 390 g/mol. The number of rotatable bonds is 5. The molecular formula is C21H23N3O4S. The Morgan fingerprint density at radius 3 is 2.52 bits per heavy atom. The number of ether oxygens (including phenoxy) is 2. The van der Waals surface area contributed by atoms with Gasteiger partial charge in [-0.15, -0.1) is 0 Å². The summed E-state index contributed by atoms with van der Waals surface area (Å²) in [5, 5.41) is 5.76. The van der Waals surface area contributed by atoms with Crippen molar-refractivity contribution in [3.05, 3.63) is 59.7 Å². The van der Waals surface area contributed by atoms with E-state index in [2.05, 4.69) is 10.6 Å². The fourth-order valence-electron chi connectivity index (χ4n) is 2.88. The van der Waals surface area contributed by atoms with Crippen molar-refractivity contribution in [3.63, 3.8) is 0 Å².